The Morgan fingerprint density at radius 2 is 2.10 bits per heavy atom. The van der Waals surface area contributed by atoms with Crippen LogP contribution in [-0.2, 0) is 6.42 Å². The van der Waals surface area contributed by atoms with Crippen molar-refractivity contribution in [3.63, 3.8) is 0 Å². The van der Waals surface area contributed by atoms with Gasteiger partial charge < -0.3 is 20.3 Å². The molecule has 0 saturated carbocycles. The van der Waals surface area contributed by atoms with Crippen molar-refractivity contribution in [3.05, 3.63) is 41.6 Å². The smallest absolute Gasteiger partial charge is 0.346 e. The van der Waals surface area contributed by atoms with Crippen molar-refractivity contribution in [1.82, 2.24) is 9.88 Å². The molecule has 2 aromatic rings. The molecular weight excluding hydrogens is 256 g/mol. The minimum absolute atomic E-state index is 0.211. The molecule has 1 aromatic carbocycles. The van der Waals surface area contributed by atoms with Crippen LogP contribution in [0.15, 0.2) is 30.5 Å². The van der Waals surface area contributed by atoms with E-state index in [4.69, 9.17) is 0 Å². The third-order valence-corrected chi connectivity index (χ3v) is 4.37. The largest absolute Gasteiger partial charge is 0.361 e. The normalized spacial score (nSPS) is 22.8. The molecule has 2 heterocycles. The summed E-state index contributed by atoms with van der Waals surface area (Å²) in [5, 5.41) is 29.9. The highest BCUT2D eigenvalue weighted by atomic mass is 16.7. The van der Waals surface area contributed by atoms with Crippen LogP contribution in [0.1, 0.15) is 17.5 Å². The molecule has 1 atom stereocenters. The van der Waals surface area contributed by atoms with Gasteiger partial charge in [-0.2, -0.15) is 0 Å². The zero-order valence-corrected chi connectivity index (χ0v) is 10.9. The first kappa shape index (κ1) is 12.1. The van der Waals surface area contributed by atoms with Crippen molar-refractivity contribution >= 4 is 16.5 Å². The van der Waals surface area contributed by atoms with Crippen molar-refractivity contribution in [2.24, 2.45) is 0 Å². The van der Waals surface area contributed by atoms with Gasteiger partial charge in [0, 0.05) is 29.7 Å². The number of hydrogen-bond donors (Lipinski definition) is 4. The monoisotopic (exact) mass is 272 g/mol. The number of nitrogens with one attached hydrogen (secondary N) is 1. The average Bonchev–Trinajstić information content (AvgIpc) is 2.82. The van der Waals surface area contributed by atoms with E-state index in [1.165, 1.54) is 10.3 Å². The van der Waals surface area contributed by atoms with Gasteiger partial charge in [0.2, 0.25) is 0 Å². The number of fused-ring (bicyclic) bond motifs is 2. The number of rotatable bonds is 1. The van der Waals surface area contributed by atoms with Crippen LogP contribution in [0.25, 0.3) is 16.5 Å². The highest BCUT2D eigenvalue weighted by molar-refractivity contribution is 5.98. The average molecular weight is 272 g/mol. The predicted octanol–water partition coefficient (Wildman–Crippen LogP) is 0.770. The van der Waals surface area contributed by atoms with Crippen molar-refractivity contribution in [2.45, 2.75) is 25.0 Å². The molecule has 4 N–H and O–H groups in total. The van der Waals surface area contributed by atoms with Crippen LogP contribution >= 0.6 is 0 Å². The third kappa shape index (κ3) is 1.58. The first-order valence-corrected chi connectivity index (χ1v) is 6.79. The summed E-state index contributed by atoms with van der Waals surface area (Å²) < 4.78 is 0. The van der Waals surface area contributed by atoms with Crippen molar-refractivity contribution < 1.29 is 15.3 Å². The van der Waals surface area contributed by atoms with E-state index in [0.717, 1.165) is 22.2 Å². The summed E-state index contributed by atoms with van der Waals surface area (Å²) in [5.74, 6) is 0. The SMILES string of the molecule is OC(O)(O)N1CCC=C2c3cccc4[nH]cc(c34)CC21. The van der Waals surface area contributed by atoms with E-state index in [2.05, 4.69) is 17.1 Å². The van der Waals surface area contributed by atoms with E-state index in [1.54, 1.807) is 0 Å². The number of hydrogen-bond acceptors (Lipinski definition) is 4. The summed E-state index contributed by atoms with van der Waals surface area (Å²) in [6.07, 6.45) is 2.67. The van der Waals surface area contributed by atoms with Crippen LogP contribution in [0.5, 0.6) is 0 Å². The second kappa shape index (κ2) is 3.93. The molecule has 0 fully saturated rings. The summed E-state index contributed by atoms with van der Waals surface area (Å²) >= 11 is 0. The molecule has 1 unspecified atom stereocenters. The lowest BCUT2D eigenvalue weighted by Gasteiger charge is -2.42. The first-order valence-electron chi connectivity index (χ1n) is 6.79. The second-order valence-electron chi connectivity index (χ2n) is 5.50. The van der Waals surface area contributed by atoms with Gasteiger partial charge in [-0.05, 0) is 35.6 Å². The second-order valence-corrected chi connectivity index (χ2v) is 5.50. The Kier molecular flexibility index (Phi) is 2.38. The van der Waals surface area contributed by atoms with Gasteiger partial charge in [0.15, 0.2) is 0 Å². The fourth-order valence-electron chi connectivity index (χ4n) is 3.55. The Labute approximate surface area is 115 Å². The van der Waals surface area contributed by atoms with Gasteiger partial charge in [-0.15, -0.1) is 0 Å². The molecule has 1 aliphatic heterocycles. The Morgan fingerprint density at radius 1 is 1.25 bits per heavy atom. The molecule has 0 amide bonds. The Hall–Kier alpha value is -1.66. The number of H-pyrrole nitrogens is 1. The molecule has 0 bridgehead atoms. The van der Waals surface area contributed by atoms with Crippen LogP contribution in [0.4, 0.5) is 0 Å². The zero-order valence-electron chi connectivity index (χ0n) is 10.9. The Morgan fingerprint density at radius 3 is 2.90 bits per heavy atom. The van der Waals surface area contributed by atoms with E-state index in [-0.39, 0.29) is 6.04 Å². The maximum absolute atomic E-state index is 9.58. The van der Waals surface area contributed by atoms with E-state index in [9.17, 15) is 15.3 Å². The molecule has 104 valence electrons. The van der Waals surface area contributed by atoms with Gasteiger partial charge in [-0.1, -0.05) is 18.2 Å². The summed E-state index contributed by atoms with van der Waals surface area (Å²) in [5.41, 5.74) is 4.42. The van der Waals surface area contributed by atoms with Gasteiger partial charge in [0.25, 0.3) is 0 Å². The van der Waals surface area contributed by atoms with E-state index >= 15 is 0 Å². The molecule has 1 aliphatic carbocycles. The van der Waals surface area contributed by atoms with E-state index in [0.29, 0.717) is 19.4 Å². The fourth-order valence-corrected chi connectivity index (χ4v) is 3.55. The summed E-state index contributed by atoms with van der Waals surface area (Å²) in [4.78, 5) is 4.59. The molecule has 5 heteroatoms. The van der Waals surface area contributed by atoms with Gasteiger partial charge in [0.05, 0.1) is 0 Å². The van der Waals surface area contributed by atoms with Gasteiger partial charge >= 0.3 is 6.10 Å². The van der Waals surface area contributed by atoms with Gasteiger partial charge in [-0.3, -0.25) is 0 Å². The highest BCUT2D eigenvalue weighted by Crippen LogP contribution is 2.41. The summed E-state index contributed by atoms with van der Waals surface area (Å²) in [6, 6.07) is 5.87. The minimum atomic E-state index is -2.77. The molecule has 0 saturated heterocycles. The number of aliphatic hydroxyl groups is 3. The Balaban J connectivity index is 1.91. The third-order valence-electron chi connectivity index (χ3n) is 4.37. The zero-order chi connectivity index (χ0) is 13.9. The number of benzene rings is 1. The lowest BCUT2D eigenvalue weighted by Crippen LogP contribution is -2.56. The van der Waals surface area contributed by atoms with Crippen LogP contribution in [0.3, 0.4) is 0 Å². The quantitative estimate of drug-likeness (QED) is 0.578. The first-order chi connectivity index (χ1) is 9.55. The number of nitrogens with zero attached hydrogens (tertiary/aromatic N) is 1. The molecule has 0 spiro atoms. The van der Waals surface area contributed by atoms with Crippen LogP contribution in [-0.4, -0.2) is 43.9 Å². The molecule has 4 rings (SSSR count). The van der Waals surface area contributed by atoms with E-state index < -0.39 is 6.10 Å². The van der Waals surface area contributed by atoms with Crippen LogP contribution in [0, 0.1) is 0 Å². The lowest BCUT2D eigenvalue weighted by atomic mass is 9.82. The molecule has 20 heavy (non-hydrogen) atoms. The predicted molar refractivity (Wildman–Crippen MR) is 74.5 cm³/mol. The van der Waals surface area contributed by atoms with Gasteiger partial charge in [0.1, 0.15) is 0 Å². The highest BCUT2D eigenvalue weighted by Gasteiger charge is 2.41. The topological polar surface area (TPSA) is 79.7 Å². The lowest BCUT2D eigenvalue weighted by molar-refractivity contribution is -0.398. The fraction of sp³-hybridized carbons (Fsp3) is 0.333. The maximum atomic E-state index is 9.58. The Bertz CT molecular complexity index is 711. The molecule has 5 nitrogen and oxygen atoms in total. The van der Waals surface area contributed by atoms with Crippen molar-refractivity contribution in [2.75, 3.05) is 6.54 Å². The molecule has 0 radical (unpaired) electrons. The maximum Gasteiger partial charge on any atom is 0.346 e. The van der Waals surface area contributed by atoms with Crippen molar-refractivity contribution in [3.8, 4) is 0 Å². The van der Waals surface area contributed by atoms with Crippen molar-refractivity contribution in [1.29, 1.82) is 0 Å². The molecule has 1 aromatic heterocycles. The summed E-state index contributed by atoms with van der Waals surface area (Å²) in [6.45, 7) is 0.424. The molecule has 2 aliphatic rings. The van der Waals surface area contributed by atoms with Crippen LogP contribution < -0.4 is 0 Å². The number of aromatic amines is 1. The van der Waals surface area contributed by atoms with E-state index in [1.807, 2.05) is 18.3 Å². The summed E-state index contributed by atoms with van der Waals surface area (Å²) in [7, 11) is 0. The van der Waals surface area contributed by atoms with Crippen LogP contribution in [0.2, 0.25) is 0 Å². The molecular formula is C15H16N2O3. The van der Waals surface area contributed by atoms with Gasteiger partial charge in [-0.25, -0.2) is 4.90 Å². The minimum Gasteiger partial charge on any atom is -0.361 e. The number of aromatic nitrogens is 1. The standard InChI is InChI=1S/C15H16N2O3/c18-15(19,20)17-6-2-4-10-11-3-1-5-12-14(11)9(8-16-12)7-13(10)17/h1,3-5,8,13,16,18-20H,2,6-7H2.